The van der Waals surface area contributed by atoms with Crippen molar-refractivity contribution in [1.29, 1.82) is 0 Å². The quantitative estimate of drug-likeness (QED) is 0.914. The number of nitrogens with one attached hydrogen (secondary N) is 1. The van der Waals surface area contributed by atoms with Crippen LogP contribution in [0.1, 0.15) is 46.9 Å². The Kier molecular flexibility index (Phi) is 3.30. The molecule has 106 valence electrons. The fraction of sp³-hybridized carbons (Fsp3) is 0.500. The van der Waals surface area contributed by atoms with E-state index in [0.717, 1.165) is 5.69 Å². The highest BCUT2D eigenvalue weighted by atomic mass is 16.1. The van der Waals surface area contributed by atoms with Gasteiger partial charge >= 0.3 is 0 Å². The first kappa shape index (κ1) is 12.9. The molecule has 2 heterocycles. The smallest absolute Gasteiger partial charge is 0.272 e. The van der Waals surface area contributed by atoms with E-state index in [9.17, 15) is 4.79 Å². The van der Waals surface area contributed by atoms with E-state index in [1.54, 1.807) is 24.0 Å². The van der Waals surface area contributed by atoms with Gasteiger partial charge in [0.25, 0.3) is 5.91 Å². The van der Waals surface area contributed by atoms with Crippen LogP contribution in [-0.2, 0) is 20.6 Å². The standard InChI is InChI=1S/C14H19N5O/c1-18-7-6-12(17-18)14(20)15-9-13-11(8-16-19(13)2)10-4-3-5-10/h6-8,10H,3-5,9H2,1-2H3,(H,15,20). The van der Waals surface area contributed by atoms with Gasteiger partial charge < -0.3 is 5.32 Å². The minimum atomic E-state index is -0.147. The average molecular weight is 273 g/mol. The molecule has 6 nitrogen and oxygen atoms in total. The Balaban J connectivity index is 1.69. The van der Waals surface area contributed by atoms with Gasteiger partial charge in [-0.15, -0.1) is 0 Å². The van der Waals surface area contributed by atoms with Crippen molar-refractivity contribution >= 4 is 5.91 Å². The molecule has 0 unspecified atom stereocenters. The molecule has 0 bridgehead atoms. The van der Waals surface area contributed by atoms with E-state index in [4.69, 9.17) is 0 Å². The molecule has 1 N–H and O–H groups in total. The molecule has 6 heteroatoms. The maximum absolute atomic E-state index is 12.0. The van der Waals surface area contributed by atoms with Gasteiger partial charge in [0.2, 0.25) is 0 Å². The summed E-state index contributed by atoms with van der Waals surface area (Å²) in [7, 11) is 3.72. The van der Waals surface area contributed by atoms with Crippen LogP contribution in [0.25, 0.3) is 0 Å². The van der Waals surface area contributed by atoms with Crippen LogP contribution in [0.4, 0.5) is 0 Å². The Morgan fingerprint density at radius 1 is 1.45 bits per heavy atom. The molecule has 1 aliphatic rings. The number of rotatable bonds is 4. The molecule has 1 aliphatic carbocycles. The van der Waals surface area contributed by atoms with Gasteiger partial charge in [-0.2, -0.15) is 10.2 Å². The monoisotopic (exact) mass is 273 g/mol. The van der Waals surface area contributed by atoms with Crippen molar-refractivity contribution in [3.05, 3.63) is 35.4 Å². The van der Waals surface area contributed by atoms with Gasteiger partial charge in [-0.25, -0.2) is 0 Å². The van der Waals surface area contributed by atoms with Crippen molar-refractivity contribution in [2.45, 2.75) is 31.7 Å². The molecule has 1 fully saturated rings. The minimum Gasteiger partial charge on any atom is -0.345 e. The van der Waals surface area contributed by atoms with E-state index >= 15 is 0 Å². The summed E-state index contributed by atoms with van der Waals surface area (Å²) in [6, 6.07) is 1.71. The largest absolute Gasteiger partial charge is 0.345 e. The molecular weight excluding hydrogens is 254 g/mol. The predicted octanol–water partition coefficient (Wildman–Crippen LogP) is 1.35. The minimum absolute atomic E-state index is 0.147. The van der Waals surface area contributed by atoms with E-state index in [-0.39, 0.29) is 5.91 Å². The predicted molar refractivity (Wildman–Crippen MR) is 74.2 cm³/mol. The molecule has 0 atom stereocenters. The van der Waals surface area contributed by atoms with Gasteiger partial charge in [-0.1, -0.05) is 6.42 Å². The lowest BCUT2D eigenvalue weighted by Crippen LogP contribution is -2.26. The number of aromatic nitrogens is 4. The molecule has 20 heavy (non-hydrogen) atoms. The fourth-order valence-electron chi connectivity index (χ4n) is 2.55. The molecule has 0 radical (unpaired) electrons. The van der Waals surface area contributed by atoms with Crippen molar-refractivity contribution in [2.24, 2.45) is 14.1 Å². The van der Waals surface area contributed by atoms with Gasteiger partial charge in [0, 0.05) is 20.3 Å². The second kappa shape index (κ2) is 5.11. The molecule has 1 saturated carbocycles. The summed E-state index contributed by atoms with van der Waals surface area (Å²) in [5.74, 6) is 0.469. The van der Waals surface area contributed by atoms with Crippen molar-refractivity contribution in [3.63, 3.8) is 0 Å². The normalized spacial score (nSPS) is 15.1. The highest BCUT2D eigenvalue weighted by Gasteiger charge is 2.24. The Morgan fingerprint density at radius 3 is 2.85 bits per heavy atom. The summed E-state index contributed by atoms with van der Waals surface area (Å²) in [6.45, 7) is 0.498. The van der Waals surface area contributed by atoms with Crippen LogP contribution in [0, 0.1) is 0 Å². The van der Waals surface area contributed by atoms with Crippen LogP contribution >= 0.6 is 0 Å². The third kappa shape index (κ3) is 2.33. The van der Waals surface area contributed by atoms with Crippen molar-refractivity contribution < 1.29 is 4.79 Å². The maximum Gasteiger partial charge on any atom is 0.272 e. The third-order valence-corrected chi connectivity index (χ3v) is 4.00. The Morgan fingerprint density at radius 2 is 2.25 bits per heavy atom. The Hall–Kier alpha value is -2.11. The molecule has 2 aromatic rings. The zero-order chi connectivity index (χ0) is 14.1. The molecule has 2 aromatic heterocycles. The molecule has 0 saturated heterocycles. The van der Waals surface area contributed by atoms with Gasteiger partial charge in [0.1, 0.15) is 5.69 Å². The Labute approximate surface area is 117 Å². The lowest BCUT2D eigenvalue weighted by Gasteiger charge is -2.25. The highest BCUT2D eigenvalue weighted by Crippen LogP contribution is 2.37. The number of nitrogens with zero attached hydrogens (tertiary/aromatic N) is 4. The highest BCUT2D eigenvalue weighted by molar-refractivity contribution is 5.92. The first-order valence-corrected chi connectivity index (χ1v) is 6.94. The molecule has 0 aromatic carbocycles. The van der Waals surface area contributed by atoms with Gasteiger partial charge in [0.05, 0.1) is 18.4 Å². The number of hydrogen-bond donors (Lipinski definition) is 1. The van der Waals surface area contributed by atoms with E-state index in [1.807, 2.05) is 17.9 Å². The number of hydrogen-bond acceptors (Lipinski definition) is 3. The third-order valence-electron chi connectivity index (χ3n) is 4.00. The van der Waals surface area contributed by atoms with E-state index in [2.05, 4.69) is 15.5 Å². The maximum atomic E-state index is 12.0. The number of aryl methyl sites for hydroxylation is 2. The number of carbonyl (C=O) groups excluding carboxylic acids is 1. The van der Waals surface area contributed by atoms with Gasteiger partial charge in [0.15, 0.2) is 0 Å². The topological polar surface area (TPSA) is 64.7 Å². The van der Waals surface area contributed by atoms with Gasteiger partial charge in [-0.3, -0.25) is 14.2 Å². The summed E-state index contributed by atoms with van der Waals surface area (Å²) < 4.78 is 3.48. The lowest BCUT2D eigenvalue weighted by atomic mass is 9.80. The van der Waals surface area contributed by atoms with Crippen LogP contribution in [0.3, 0.4) is 0 Å². The molecule has 0 aliphatic heterocycles. The number of carbonyl (C=O) groups is 1. The van der Waals surface area contributed by atoms with Crippen LogP contribution in [0.15, 0.2) is 18.5 Å². The Bertz CT molecular complexity index is 623. The molecular formula is C14H19N5O. The summed E-state index contributed by atoms with van der Waals surface area (Å²) >= 11 is 0. The zero-order valence-corrected chi connectivity index (χ0v) is 11.8. The summed E-state index contributed by atoms with van der Waals surface area (Å²) in [5.41, 5.74) is 2.82. The van der Waals surface area contributed by atoms with Crippen LogP contribution < -0.4 is 5.32 Å². The van der Waals surface area contributed by atoms with Crippen LogP contribution in [0.5, 0.6) is 0 Å². The molecule has 0 spiro atoms. The fourth-order valence-corrected chi connectivity index (χ4v) is 2.55. The number of amides is 1. The molecule has 3 rings (SSSR count). The lowest BCUT2D eigenvalue weighted by molar-refractivity contribution is 0.0944. The molecule has 1 amide bonds. The van der Waals surface area contributed by atoms with Gasteiger partial charge in [-0.05, 0) is 30.4 Å². The van der Waals surface area contributed by atoms with Crippen LogP contribution in [-0.4, -0.2) is 25.5 Å². The average Bonchev–Trinajstić information content (AvgIpc) is 2.93. The second-order valence-corrected chi connectivity index (χ2v) is 5.36. The summed E-state index contributed by atoms with van der Waals surface area (Å²) in [6.07, 6.45) is 7.45. The second-order valence-electron chi connectivity index (χ2n) is 5.36. The van der Waals surface area contributed by atoms with E-state index in [0.29, 0.717) is 18.2 Å². The van der Waals surface area contributed by atoms with Crippen LogP contribution in [0.2, 0.25) is 0 Å². The van der Waals surface area contributed by atoms with E-state index in [1.165, 1.54) is 24.8 Å². The van der Waals surface area contributed by atoms with E-state index < -0.39 is 0 Å². The SMILES string of the molecule is Cn1ccc(C(=O)NCc2c(C3CCC3)cnn2C)n1. The first-order valence-electron chi connectivity index (χ1n) is 6.94. The summed E-state index contributed by atoms with van der Waals surface area (Å²) in [4.78, 5) is 12.0. The summed E-state index contributed by atoms with van der Waals surface area (Å²) in [5, 5.41) is 11.3. The van der Waals surface area contributed by atoms with Crippen molar-refractivity contribution in [3.8, 4) is 0 Å². The first-order chi connectivity index (χ1) is 9.65. The van der Waals surface area contributed by atoms with Crippen molar-refractivity contribution in [2.75, 3.05) is 0 Å². The zero-order valence-electron chi connectivity index (χ0n) is 11.8. The van der Waals surface area contributed by atoms with Crippen molar-refractivity contribution in [1.82, 2.24) is 24.9 Å².